The third kappa shape index (κ3) is 3.20. The Morgan fingerprint density at radius 2 is 2.12 bits per heavy atom. The van der Waals surface area contributed by atoms with Crippen molar-refractivity contribution in [2.24, 2.45) is 0 Å². The van der Waals surface area contributed by atoms with Crippen LogP contribution in [0.4, 0.5) is 9.52 Å². The van der Waals surface area contributed by atoms with Crippen LogP contribution < -0.4 is 5.32 Å². The maximum absolute atomic E-state index is 13.7. The first-order chi connectivity index (χ1) is 12.6. The van der Waals surface area contributed by atoms with Crippen LogP contribution in [0.3, 0.4) is 0 Å². The third-order valence-electron chi connectivity index (χ3n) is 4.40. The summed E-state index contributed by atoms with van der Waals surface area (Å²) in [4.78, 5) is 9.98. The van der Waals surface area contributed by atoms with Gasteiger partial charge in [0.05, 0.1) is 4.88 Å². The second kappa shape index (κ2) is 6.88. The van der Waals surface area contributed by atoms with Crippen molar-refractivity contribution in [2.45, 2.75) is 26.3 Å². The van der Waals surface area contributed by atoms with E-state index in [1.54, 1.807) is 23.6 Å². The molecule has 0 fully saturated rings. The Kier molecular flexibility index (Phi) is 4.42. The van der Waals surface area contributed by atoms with E-state index < -0.39 is 0 Å². The highest BCUT2D eigenvalue weighted by Gasteiger charge is 2.12. The SMILES string of the molecule is CC[C@@H](C)Nc1ncc(-c2cc(-c3cccc(F)c3)c3nccn3c2)s1. The number of benzene rings is 1. The summed E-state index contributed by atoms with van der Waals surface area (Å²) < 4.78 is 15.7. The largest absolute Gasteiger partial charge is 0.359 e. The van der Waals surface area contributed by atoms with Crippen molar-refractivity contribution in [3.05, 3.63) is 60.9 Å². The number of thiazole rings is 1. The van der Waals surface area contributed by atoms with Gasteiger partial charge in [0.25, 0.3) is 0 Å². The highest BCUT2D eigenvalue weighted by Crippen LogP contribution is 2.34. The Balaban J connectivity index is 1.79. The summed E-state index contributed by atoms with van der Waals surface area (Å²) in [6, 6.07) is 9.05. The number of imidazole rings is 1. The van der Waals surface area contributed by atoms with E-state index in [2.05, 4.69) is 35.2 Å². The van der Waals surface area contributed by atoms with Crippen molar-refractivity contribution in [3.63, 3.8) is 0 Å². The molecule has 132 valence electrons. The summed E-state index contributed by atoms with van der Waals surface area (Å²) in [6.07, 6.45) is 8.61. The number of pyridine rings is 1. The number of hydrogen-bond acceptors (Lipinski definition) is 4. The molecular weight excluding hydrogens is 347 g/mol. The number of halogens is 1. The van der Waals surface area contributed by atoms with Gasteiger partial charge in [-0.05, 0) is 37.1 Å². The maximum Gasteiger partial charge on any atom is 0.183 e. The Morgan fingerprint density at radius 3 is 2.92 bits per heavy atom. The zero-order chi connectivity index (χ0) is 18.1. The van der Waals surface area contributed by atoms with Crippen molar-refractivity contribution in [1.82, 2.24) is 14.4 Å². The predicted octanol–water partition coefficient (Wildman–Crippen LogP) is 5.47. The molecule has 4 nitrogen and oxygen atoms in total. The van der Waals surface area contributed by atoms with Crippen LogP contribution in [0.5, 0.6) is 0 Å². The number of nitrogens with one attached hydrogen (secondary N) is 1. The van der Waals surface area contributed by atoms with Gasteiger partial charge in [-0.2, -0.15) is 0 Å². The Bertz CT molecular complexity index is 1050. The van der Waals surface area contributed by atoms with Crippen LogP contribution in [-0.2, 0) is 0 Å². The molecule has 4 aromatic rings. The number of anilines is 1. The van der Waals surface area contributed by atoms with Gasteiger partial charge in [0.1, 0.15) is 11.5 Å². The molecule has 1 N–H and O–H groups in total. The number of hydrogen-bond donors (Lipinski definition) is 1. The molecule has 3 aromatic heterocycles. The molecule has 3 heterocycles. The zero-order valence-electron chi connectivity index (χ0n) is 14.6. The highest BCUT2D eigenvalue weighted by molar-refractivity contribution is 7.18. The molecule has 0 unspecified atom stereocenters. The molecule has 0 saturated heterocycles. The highest BCUT2D eigenvalue weighted by atomic mass is 32.1. The van der Waals surface area contributed by atoms with Crippen molar-refractivity contribution in [3.8, 4) is 21.6 Å². The maximum atomic E-state index is 13.7. The minimum atomic E-state index is -0.254. The molecule has 0 saturated carbocycles. The van der Waals surface area contributed by atoms with Crippen LogP contribution in [0.25, 0.3) is 27.2 Å². The first-order valence-electron chi connectivity index (χ1n) is 8.59. The van der Waals surface area contributed by atoms with Gasteiger partial charge < -0.3 is 9.72 Å². The lowest BCUT2D eigenvalue weighted by molar-refractivity contribution is 0.628. The van der Waals surface area contributed by atoms with Crippen molar-refractivity contribution in [2.75, 3.05) is 5.32 Å². The minimum absolute atomic E-state index is 0.254. The van der Waals surface area contributed by atoms with E-state index in [-0.39, 0.29) is 5.82 Å². The minimum Gasteiger partial charge on any atom is -0.359 e. The van der Waals surface area contributed by atoms with E-state index in [4.69, 9.17) is 0 Å². The number of fused-ring (bicyclic) bond motifs is 1. The molecule has 6 heteroatoms. The molecular formula is C20H19FN4S. The molecule has 26 heavy (non-hydrogen) atoms. The summed E-state index contributed by atoms with van der Waals surface area (Å²) >= 11 is 1.62. The van der Waals surface area contributed by atoms with Gasteiger partial charge in [0.15, 0.2) is 5.13 Å². The fourth-order valence-corrected chi connectivity index (χ4v) is 3.73. The van der Waals surface area contributed by atoms with Gasteiger partial charge in [-0.15, -0.1) is 0 Å². The fourth-order valence-electron chi connectivity index (χ4n) is 2.82. The van der Waals surface area contributed by atoms with Crippen molar-refractivity contribution < 1.29 is 4.39 Å². The van der Waals surface area contributed by atoms with E-state index in [1.165, 1.54) is 12.1 Å². The fraction of sp³-hybridized carbons (Fsp3) is 0.200. The lowest BCUT2D eigenvalue weighted by Gasteiger charge is -2.09. The molecule has 0 aliphatic heterocycles. The van der Waals surface area contributed by atoms with Gasteiger partial charge in [-0.25, -0.2) is 14.4 Å². The molecule has 0 aliphatic carbocycles. The van der Waals surface area contributed by atoms with Gasteiger partial charge in [0, 0.05) is 42.0 Å². The first kappa shape index (κ1) is 16.7. The van der Waals surface area contributed by atoms with Crippen molar-refractivity contribution >= 4 is 22.1 Å². The number of nitrogens with zero attached hydrogens (tertiary/aromatic N) is 3. The summed E-state index contributed by atoms with van der Waals surface area (Å²) in [7, 11) is 0. The van der Waals surface area contributed by atoms with E-state index in [9.17, 15) is 4.39 Å². The zero-order valence-corrected chi connectivity index (χ0v) is 15.4. The molecule has 0 spiro atoms. The third-order valence-corrected chi connectivity index (χ3v) is 5.37. The average molecular weight is 366 g/mol. The molecule has 0 bridgehead atoms. The molecule has 4 rings (SSSR count). The second-order valence-electron chi connectivity index (χ2n) is 6.29. The van der Waals surface area contributed by atoms with Gasteiger partial charge in [-0.1, -0.05) is 30.4 Å². The molecule has 0 aliphatic rings. The summed E-state index contributed by atoms with van der Waals surface area (Å²) in [5.41, 5.74) is 3.55. The predicted molar refractivity (Wildman–Crippen MR) is 105 cm³/mol. The van der Waals surface area contributed by atoms with Crippen molar-refractivity contribution in [1.29, 1.82) is 0 Å². The normalized spacial score (nSPS) is 12.4. The van der Waals surface area contributed by atoms with E-state index in [0.717, 1.165) is 38.8 Å². The summed E-state index contributed by atoms with van der Waals surface area (Å²) in [5, 5.41) is 4.32. The Hall–Kier alpha value is -2.73. The van der Waals surface area contributed by atoms with Crippen LogP contribution >= 0.6 is 11.3 Å². The van der Waals surface area contributed by atoms with Gasteiger partial charge >= 0.3 is 0 Å². The molecule has 1 aromatic carbocycles. The van der Waals surface area contributed by atoms with Crippen LogP contribution in [0.1, 0.15) is 20.3 Å². The lowest BCUT2D eigenvalue weighted by atomic mass is 10.0. The number of rotatable bonds is 5. The van der Waals surface area contributed by atoms with Crippen LogP contribution in [0.2, 0.25) is 0 Å². The Labute approximate surface area is 155 Å². The quantitative estimate of drug-likeness (QED) is 0.509. The number of aromatic nitrogens is 3. The molecule has 1 atom stereocenters. The average Bonchev–Trinajstić information content (AvgIpc) is 3.29. The van der Waals surface area contributed by atoms with Gasteiger partial charge in [-0.3, -0.25) is 0 Å². The standard InChI is InChI=1S/C20H19FN4S/c1-3-13(2)24-20-23-11-18(26-20)15-10-17(14-5-4-6-16(21)9-14)19-22-7-8-25(19)12-15/h4-13H,3H2,1-2H3,(H,23,24)/t13-/m1/s1. The van der Waals surface area contributed by atoms with Crippen LogP contribution in [0.15, 0.2) is 55.1 Å². The van der Waals surface area contributed by atoms with E-state index >= 15 is 0 Å². The smallest absolute Gasteiger partial charge is 0.183 e. The van der Waals surface area contributed by atoms with Crippen LogP contribution in [-0.4, -0.2) is 20.4 Å². The second-order valence-corrected chi connectivity index (χ2v) is 7.32. The first-order valence-corrected chi connectivity index (χ1v) is 9.41. The van der Waals surface area contributed by atoms with E-state index in [1.807, 2.05) is 29.1 Å². The molecule has 0 amide bonds. The van der Waals surface area contributed by atoms with E-state index in [0.29, 0.717) is 6.04 Å². The summed E-state index contributed by atoms with van der Waals surface area (Å²) in [6.45, 7) is 4.28. The lowest BCUT2D eigenvalue weighted by Crippen LogP contribution is -2.12. The Morgan fingerprint density at radius 1 is 1.23 bits per heavy atom. The van der Waals surface area contributed by atoms with Crippen LogP contribution in [0, 0.1) is 5.82 Å². The topological polar surface area (TPSA) is 42.2 Å². The monoisotopic (exact) mass is 366 g/mol. The summed E-state index contributed by atoms with van der Waals surface area (Å²) in [5.74, 6) is -0.254. The molecule has 0 radical (unpaired) electrons. The van der Waals surface area contributed by atoms with Gasteiger partial charge in [0.2, 0.25) is 0 Å².